The van der Waals surface area contributed by atoms with Crippen molar-refractivity contribution >= 4 is 7.82 Å². The fraction of sp³-hybridized carbons (Fsp3) is 1.00. The summed E-state index contributed by atoms with van der Waals surface area (Å²) in [5.41, 5.74) is 0. The van der Waals surface area contributed by atoms with E-state index in [-0.39, 0.29) is 19.3 Å². The van der Waals surface area contributed by atoms with Gasteiger partial charge in [0.15, 0.2) is 0 Å². The first kappa shape index (κ1) is 43.9. The van der Waals surface area contributed by atoms with E-state index in [1.807, 2.05) is 0 Å². The molecule has 0 fully saturated rings. The van der Waals surface area contributed by atoms with Gasteiger partial charge in [-0.25, -0.2) is 4.57 Å². The van der Waals surface area contributed by atoms with E-state index in [2.05, 4.69) is 20.8 Å². The number of unbranched alkanes of at least 4 members (excludes halogenated alkanes) is 12. The molecule has 0 radical (unpaired) electrons. The van der Waals surface area contributed by atoms with Gasteiger partial charge in [-0.3, -0.25) is 13.6 Å². The maximum absolute atomic E-state index is 14.6. The minimum absolute atomic E-state index is 0.0445. The number of phosphoric acid groups is 1. The Bertz CT molecular complexity index is 585. The van der Waals surface area contributed by atoms with E-state index in [0.29, 0.717) is 19.3 Å². The summed E-state index contributed by atoms with van der Waals surface area (Å²) in [6.07, 6.45) is 11.2. The van der Waals surface area contributed by atoms with Crippen LogP contribution in [0.15, 0.2) is 0 Å². The molecule has 0 saturated heterocycles. The second-order valence-electron chi connectivity index (χ2n) is 12.5. The SMILES string of the molecule is CCCCCCCC(CC(O)CO)OP(=O)(OC(CCCCCCC)CC(O)CO)OC(CCCCCCC)CC(O)CO. The number of hydrogen-bond donors (Lipinski definition) is 6. The van der Waals surface area contributed by atoms with E-state index in [0.717, 1.165) is 96.3 Å². The molecule has 6 N–H and O–H groups in total. The van der Waals surface area contributed by atoms with E-state index >= 15 is 0 Å². The Kier molecular flexibility index (Phi) is 29.0. The lowest BCUT2D eigenvalue weighted by atomic mass is 10.0. The molecule has 0 saturated carbocycles. The van der Waals surface area contributed by atoms with Gasteiger partial charge in [0, 0.05) is 19.3 Å². The Morgan fingerprint density at radius 1 is 0.455 bits per heavy atom. The number of rotatable bonds is 33. The number of aliphatic hydroxyl groups excluding tert-OH is 6. The van der Waals surface area contributed by atoms with Crippen LogP contribution in [-0.4, -0.2) is 87.1 Å². The average Bonchev–Trinajstić information content (AvgIpc) is 3.00. The molecule has 0 rings (SSSR count). The van der Waals surface area contributed by atoms with Gasteiger partial charge in [0.1, 0.15) is 0 Å². The van der Waals surface area contributed by atoms with Gasteiger partial charge in [0.25, 0.3) is 0 Å². The van der Waals surface area contributed by atoms with Crippen LogP contribution in [0.1, 0.15) is 156 Å². The van der Waals surface area contributed by atoms with Crippen LogP contribution in [0.4, 0.5) is 0 Å². The zero-order chi connectivity index (χ0) is 33.1. The van der Waals surface area contributed by atoms with E-state index in [4.69, 9.17) is 13.6 Å². The molecule has 6 atom stereocenters. The molecular weight excluding hydrogens is 587 g/mol. The number of hydrogen-bond acceptors (Lipinski definition) is 10. The molecule has 0 spiro atoms. The molecule has 0 aromatic heterocycles. The van der Waals surface area contributed by atoms with Gasteiger partial charge in [0.05, 0.1) is 56.4 Å². The lowest BCUT2D eigenvalue weighted by Crippen LogP contribution is -2.29. The van der Waals surface area contributed by atoms with Gasteiger partial charge in [-0.1, -0.05) is 117 Å². The first-order valence-electron chi connectivity index (χ1n) is 17.7. The van der Waals surface area contributed by atoms with E-state index in [9.17, 15) is 35.2 Å². The zero-order valence-electron chi connectivity index (χ0n) is 28.2. The Balaban J connectivity index is 6.10. The Morgan fingerprint density at radius 3 is 0.932 bits per heavy atom. The summed E-state index contributed by atoms with van der Waals surface area (Å²) in [5, 5.41) is 59.5. The second kappa shape index (κ2) is 29.0. The third-order valence-electron chi connectivity index (χ3n) is 7.96. The first-order valence-corrected chi connectivity index (χ1v) is 19.1. The van der Waals surface area contributed by atoms with Crippen molar-refractivity contribution in [3.63, 3.8) is 0 Å². The topological polar surface area (TPSA) is 166 Å². The van der Waals surface area contributed by atoms with Crippen LogP contribution >= 0.6 is 7.82 Å². The molecule has 266 valence electrons. The molecule has 10 nitrogen and oxygen atoms in total. The molecule has 6 unspecified atom stereocenters. The van der Waals surface area contributed by atoms with Gasteiger partial charge in [0.2, 0.25) is 0 Å². The Hall–Kier alpha value is -0.130. The summed E-state index contributed by atoms with van der Waals surface area (Å²) in [7, 11) is -4.35. The first-order chi connectivity index (χ1) is 21.2. The molecule has 0 heterocycles. The Morgan fingerprint density at radius 2 is 0.705 bits per heavy atom. The van der Waals surface area contributed by atoms with Gasteiger partial charge in [-0.15, -0.1) is 0 Å². The quantitative estimate of drug-likeness (QED) is 0.0336. The van der Waals surface area contributed by atoms with Crippen LogP contribution in [0.5, 0.6) is 0 Å². The molecule has 0 aromatic rings. The van der Waals surface area contributed by atoms with Crippen molar-refractivity contribution in [2.75, 3.05) is 19.8 Å². The lowest BCUT2D eigenvalue weighted by Gasteiger charge is -2.32. The maximum atomic E-state index is 14.6. The minimum atomic E-state index is -4.35. The van der Waals surface area contributed by atoms with Crippen molar-refractivity contribution in [3.05, 3.63) is 0 Å². The van der Waals surface area contributed by atoms with Crippen LogP contribution in [0, 0.1) is 0 Å². The van der Waals surface area contributed by atoms with Crippen LogP contribution < -0.4 is 0 Å². The predicted octanol–water partition coefficient (Wildman–Crippen LogP) is 6.56. The average molecular weight is 657 g/mol. The van der Waals surface area contributed by atoms with Crippen LogP contribution in [-0.2, 0) is 18.1 Å². The minimum Gasteiger partial charge on any atom is -0.394 e. The van der Waals surface area contributed by atoms with Gasteiger partial charge < -0.3 is 30.6 Å². The highest BCUT2D eigenvalue weighted by Crippen LogP contribution is 2.55. The molecule has 0 aromatic carbocycles. The van der Waals surface area contributed by atoms with Gasteiger partial charge >= 0.3 is 7.82 Å². The van der Waals surface area contributed by atoms with Crippen LogP contribution in [0.2, 0.25) is 0 Å². The highest BCUT2D eigenvalue weighted by atomic mass is 31.2. The van der Waals surface area contributed by atoms with E-state index in [1.54, 1.807) is 0 Å². The summed E-state index contributed by atoms with van der Waals surface area (Å²) in [4.78, 5) is 0. The van der Waals surface area contributed by atoms with Crippen molar-refractivity contribution in [2.45, 2.75) is 192 Å². The van der Waals surface area contributed by atoms with Crippen molar-refractivity contribution in [1.29, 1.82) is 0 Å². The molecule has 0 aliphatic heterocycles. The van der Waals surface area contributed by atoms with E-state index in [1.165, 1.54) is 0 Å². The van der Waals surface area contributed by atoms with Crippen molar-refractivity contribution in [1.82, 2.24) is 0 Å². The summed E-state index contributed by atoms with van der Waals surface area (Å²) in [6, 6.07) is 0. The number of phosphoric ester groups is 1. The summed E-state index contributed by atoms with van der Waals surface area (Å²) in [5.74, 6) is 0. The Labute approximate surface area is 268 Å². The largest absolute Gasteiger partial charge is 0.475 e. The molecular formula is C33H69O10P. The van der Waals surface area contributed by atoms with Crippen LogP contribution in [0.3, 0.4) is 0 Å². The smallest absolute Gasteiger partial charge is 0.394 e. The van der Waals surface area contributed by atoms with Crippen LogP contribution in [0.25, 0.3) is 0 Å². The monoisotopic (exact) mass is 656 g/mol. The van der Waals surface area contributed by atoms with Crippen molar-refractivity contribution < 1.29 is 48.8 Å². The van der Waals surface area contributed by atoms with Gasteiger partial charge in [-0.05, 0) is 19.3 Å². The highest BCUT2D eigenvalue weighted by molar-refractivity contribution is 7.48. The normalized spacial score (nSPS) is 17.6. The predicted molar refractivity (Wildman–Crippen MR) is 175 cm³/mol. The fourth-order valence-electron chi connectivity index (χ4n) is 5.32. The van der Waals surface area contributed by atoms with Crippen molar-refractivity contribution in [3.8, 4) is 0 Å². The molecule has 11 heteroatoms. The molecule has 44 heavy (non-hydrogen) atoms. The molecule has 0 aliphatic rings. The lowest BCUT2D eigenvalue weighted by molar-refractivity contribution is -0.0229. The third-order valence-corrected chi connectivity index (χ3v) is 9.63. The zero-order valence-corrected chi connectivity index (χ0v) is 29.1. The standard InChI is InChI=1S/C33H69O10P/c1-4-7-10-13-16-19-31(22-28(37)25-34)41-44(40,42-32(23-29(38)26-35)20-17-14-11-8-5-2)43-33(24-30(39)27-36)21-18-15-12-9-6-3/h28-39H,4-27H2,1-3H3. The highest BCUT2D eigenvalue weighted by Gasteiger charge is 2.38. The number of aliphatic hydroxyl groups is 6. The summed E-state index contributed by atoms with van der Waals surface area (Å²) < 4.78 is 33.0. The second-order valence-corrected chi connectivity index (χ2v) is 14.0. The van der Waals surface area contributed by atoms with Crippen molar-refractivity contribution in [2.24, 2.45) is 0 Å². The molecule has 0 bridgehead atoms. The molecule has 0 amide bonds. The fourth-order valence-corrected chi connectivity index (χ4v) is 7.14. The summed E-state index contributed by atoms with van der Waals surface area (Å²) in [6.45, 7) is 5.01. The third kappa shape index (κ3) is 24.1. The van der Waals surface area contributed by atoms with Gasteiger partial charge in [-0.2, -0.15) is 0 Å². The molecule has 0 aliphatic carbocycles. The summed E-state index contributed by atoms with van der Waals surface area (Å²) >= 11 is 0. The van der Waals surface area contributed by atoms with E-state index < -0.39 is 64.3 Å². The maximum Gasteiger partial charge on any atom is 0.475 e.